The van der Waals surface area contributed by atoms with Gasteiger partial charge in [0.1, 0.15) is 5.69 Å². The van der Waals surface area contributed by atoms with E-state index in [1.807, 2.05) is 13.8 Å². The number of aromatic nitrogens is 1. The summed E-state index contributed by atoms with van der Waals surface area (Å²) in [6.45, 7) is 5.61. The molecule has 178 valence electrons. The van der Waals surface area contributed by atoms with Gasteiger partial charge < -0.3 is 14.5 Å². The minimum atomic E-state index is -4.58. The van der Waals surface area contributed by atoms with E-state index < -0.39 is 17.6 Å². The standard InChI is InChI=1S/C23H26F3N3O3S/c1-14-11-29(12-15(2)32-14)22(31)19-13-33-20(27-19)16-7-9-28(10-8-16)21(30)17-5-3-4-6-18(17)23(24,25)26/h3-6,13-16H,7-12H2,1-2H3. The molecule has 0 bridgehead atoms. The van der Waals surface area contributed by atoms with E-state index in [0.29, 0.717) is 44.7 Å². The number of halogens is 3. The number of likely N-dealkylation sites (tertiary alicyclic amines) is 1. The second-order valence-corrected chi connectivity index (χ2v) is 9.54. The summed E-state index contributed by atoms with van der Waals surface area (Å²) in [5, 5.41) is 2.59. The van der Waals surface area contributed by atoms with Crippen LogP contribution in [0.15, 0.2) is 29.6 Å². The van der Waals surface area contributed by atoms with E-state index in [1.165, 1.54) is 34.4 Å². The van der Waals surface area contributed by atoms with Gasteiger partial charge in [0.05, 0.1) is 28.3 Å². The summed E-state index contributed by atoms with van der Waals surface area (Å²) in [7, 11) is 0. The van der Waals surface area contributed by atoms with Crippen LogP contribution in [0.25, 0.3) is 0 Å². The van der Waals surface area contributed by atoms with Crippen molar-refractivity contribution in [2.24, 2.45) is 0 Å². The van der Waals surface area contributed by atoms with Crippen molar-refractivity contribution in [2.45, 2.75) is 51.0 Å². The number of nitrogens with zero attached hydrogens (tertiary/aromatic N) is 3. The van der Waals surface area contributed by atoms with E-state index in [0.717, 1.165) is 11.1 Å². The minimum Gasteiger partial charge on any atom is -0.372 e. The lowest BCUT2D eigenvalue weighted by atomic mass is 9.96. The van der Waals surface area contributed by atoms with Crippen LogP contribution in [0.5, 0.6) is 0 Å². The second-order valence-electron chi connectivity index (χ2n) is 8.65. The third kappa shape index (κ3) is 5.22. The third-order valence-corrected chi connectivity index (χ3v) is 7.05. The highest BCUT2D eigenvalue weighted by Crippen LogP contribution is 2.34. The fraction of sp³-hybridized carbons (Fsp3) is 0.522. The molecule has 2 saturated heterocycles. The molecule has 2 fully saturated rings. The number of piperidine rings is 1. The Labute approximate surface area is 194 Å². The zero-order chi connectivity index (χ0) is 23.8. The summed E-state index contributed by atoms with van der Waals surface area (Å²) < 4.78 is 45.5. The van der Waals surface area contributed by atoms with E-state index in [1.54, 1.807) is 10.3 Å². The molecule has 2 aliphatic rings. The summed E-state index contributed by atoms with van der Waals surface area (Å²) in [5.41, 5.74) is -0.819. The lowest BCUT2D eigenvalue weighted by Gasteiger charge is -2.35. The Bertz CT molecular complexity index is 1010. The molecule has 0 radical (unpaired) electrons. The van der Waals surface area contributed by atoms with Crippen molar-refractivity contribution in [3.63, 3.8) is 0 Å². The van der Waals surface area contributed by atoms with E-state index in [9.17, 15) is 22.8 Å². The maximum Gasteiger partial charge on any atom is 0.417 e. The molecule has 2 aliphatic heterocycles. The Balaban J connectivity index is 1.39. The number of carbonyl (C=O) groups excluding carboxylic acids is 2. The molecule has 0 N–H and O–H groups in total. The number of thiazole rings is 1. The summed E-state index contributed by atoms with van der Waals surface area (Å²) in [5.74, 6) is -0.649. The Morgan fingerprint density at radius 1 is 1.03 bits per heavy atom. The maximum absolute atomic E-state index is 13.3. The van der Waals surface area contributed by atoms with Gasteiger partial charge in [-0.1, -0.05) is 12.1 Å². The molecule has 0 saturated carbocycles. The molecule has 1 aromatic carbocycles. The minimum absolute atomic E-state index is 0.0276. The highest BCUT2D eigenvalue weighted by atomic mass is 32.1. The molecule has 10 heteroatoms. The molecule has 2 unspecified atom stereocenters. The van der Waals surface area contributed by atoms with Crippen molar-refractivity contribution in [1.82, 2.24) is 14.8 Å². The Morgan fingerprint density at radius 3 is 2.30 bits per heavy atom. The van der Waals surface area contributed by atoms with Gasteiger partial charge >= 0.3 is 6.18 Å². The molecule has 0 spiro atoms. The molecule has 1 aromatic heterocycles. The largest absolute Gasteiger partial charge is 0.417 e. The predicted octanol–water partition coefficient (Wildman–Crippen LogP) is 4.43. The van der Waals surface area contributed by atoms with Crippen LogP contribution in [0.3, 0.4) is 0 Å². The number of benzene rings is 1. The lowest BCUT2D eigenvalue weighted by molar-refractivity contribution is -0.138. The summed E-state index contributed by atoms with van der Waals surface area (Å²) in [6.07, 6.45) is -3.45. The van der Waals surface area contributed by atoms with Crippen LogP contribution in [0.4, 0.5) is 13.2 Å². The first-order valence-corrected chi connectivity index (χ1v) is 11.9. The fourth-order valence-electron chi connectivity index (χ4n) is 4.50. The van der Waals surface area contributed by atoms with E-state index in [4.69, 9.17) is 4.74 Å². The normalized spacial score (nSPS) is 22.5. The number of hydrogen-bond donors (Lipinski definition) is 0. The van der Waals surface area contributed by atoms with Crippen molar-refractivity contribution < 1.29 is 27.5 Å². The van der Waals surface area contributed by atoms with Crippen LogP contribution in [-0.2, 0) is 10.9 Å². The van der Waals surface area contributed by atoms with Crippen LogP contribution in [0.1, 0.15) is 64.0 Å². The average molecular weight is 482 g/mol. The third-order valence-electron chi connectivity index (χ3n) is 6.04. The van der Waals surface area contributed by atoms with Gasteiger partial charge in [0.15, 0.2) is 0 Å². The Morgan fingerprint density at radius 2 is 1.67 bits per heavy atom. The zero-order valence-electron chi connectivity index (χ0n) is 18.5. The smallest absolute Gasteiger partial charge is 0.372 e. The van der Waals surface area contributed by atoms with Crippen LogP contribution in [0.2, 0.25) is 0 Å². The molecule has 3 heterocycles. The SMILES string of the molecule is CC1CN(C(=O)c2csc(C3CCN(C(=O)c4ccccc4C(F)(F)F)CC3)n2)CC(C)O1. The number of carbonyl (C=O) groups is 2. The molecule has 6 nitrogen and oxygen atoms in total. The van der Waals surface area contributed by atoms with Gasteiger partial charge in [0, 0.05) is 37.5 Å². The quantitative estimate of drug-likeness (QED) is 0.651. The monoisotopic (exact) mass is 481 g/mol. The number of ether oxygens (including phenoxy) is 1. The van der Waals surface area contributed by atoms with Crippen LogP contribution in [-0.4, -0.2) is 65.0 Å². The number of morpholine rings is 1. The number of amides is 2. The summed E-state index contributed by atoms with van der Waals surface area (Å²) >= 11 is 1.42. The Kier molecular flexibility index (Phi) is 6.76. The zero-order valence-corrected chi connectivity index (χ0v) is 19.3. The average Bonchev–Trinajstić information content (AvgIpc) is 3.27. The topological polar surface area (TPSA) is 62.7 Å². The maximum atomic E-state index is 13.3. The van der Waals surface area contributed by atoms with Crippen LogP contribution < -0.4 is 0 Å². The van der Waals surface area contributed by atoms with E-state index in [2.05, 4.69) is 4.98 Å². The predicted molar refractivity (Wildman–Crippen MR) is 117 cm³/mol. The second kappa shape index (κ2) is 9.42. The van der Waals surface area contributed by atoms with Gasteiger partial charge in [-0.3, -0.25) is 9.59 Å². The fourth-order valence-corrected chi connectivity index (χ4v) is 5.46. The van der Waals surface area contributed by atoms with Gasteiger partial charge in [0.2, 0.25) is 0 Å². The van der Waals surface area contributed by atoms with Gasteiger partial charge in [-0.2, -0.15) is 13.2 Å². The van der Waals surface area contributed by atoms with Crippen molar-refractivity contribution in [1.29, 1.82) is 0 Å². The molecule has 2 amide bonds. The van der Waals surface area contributed by atoms with Crippen LogP contribution in [0, 0.1) is 0 Å². The molecule has 33 heavy (non-hydrogen) atoms. The lowest BCUT2D eigenvalue weighted by Crippen LogP contribution is -2.48. The van der Waals surface area contributed by atoms with Crippen molar-refractivity contribution in [3.05, 3.63) is 51.5 Å². The number of alkyl halides is 3. The van der Waals surface area contributed by atoms with Crippen molar-refractivity contribution in [2.75, 3.05) is 26.2 Å². The molecular formula is C23H26F3N3O3S. The molecule has 0 aliphatic carbocycles. The summed E-state index contributed by atoms with van der Waals surface area (Å²) in [6, 6.07) is 4.89. The first-order chi connectivity index (χ1) is 15.6. The van der Waals surface area contributed by atoms with Gasteiger partial charge in [0.25, 0.3) is 11.8 Å². The van der Waals surface area contributed by atoms with E-state index >= 15 is 0 Å². The van der Waals surface area contributed by atoms with E-state index in [-0.39, 0.29) is 29.6 Å². The van der Waals surface area contributed by atoms with Crippen molar-refractivity contribution >= 4 is 23.2 Å². The molecule has 4 rings (SSSR count). The first-order valence-electron chi connectivity index (χ1n) is 11.0. The number of rotatable bonds is 3. The molecule has 2 atom stereocenters. The highest BCUT2D eigenvalue weighted by molar-refractivity contribution is 7.09. The summed E-state index contributed by atoms with van der Waals surface area (Å²) in [4.78, 5) is 33.5. The van der Waals surface area contributed by atoms with Crippen molar-refractivity contribution in [3.8, 4) is 0 Å². The van der Waals surface area contributed by atoms with Crippen LogP contribution >= 0.6 is 11.3 Å². The molecule has 2 aromatic rings. The van der Waals surface area contributed by atoms with Gasteiger partial charge in [-0.05, 0) is 38.8 Å². The number of hydrogen-bond acceptors (Lipinski definition) is 5. The van der Waals surface area contributed by atoms with Gasteiger partial charge in [-0.25, -0.2) is 4.98 Å². The van der Waals surface area contributed by atoms with Gasteiger partial charge in [-0.15, -0.1) is 11.3 Å². The Hall–Kier alpha value is -2.46. The molecular weight excluding hydrogens is 455 g/mol. The first kappa shape index (κ1) is 23.7. The highest BCUT2D eigenvalue weighted by Gasteiger charge is 2.37.